The molecule has 0 bridgehead atoms. The fraction of sp³-hybridized carbons (Fsp3) is 0.333. The van der Waals surface area contributed by atoms with Gasteiger partial charge in [-0.3, -0.25) is 14.3 Å². The van der Waals surface area contributed by atoms with Crippen molar-refractivity contribution in [2.45, 2.75) is 39.4 Å². The van der Waals surface area contributed by atoms with Crippen molar-refractivity contribution in [3.05, 3.63) is 82.3 Å². The first-order chi connectivity index (χ1) is 13.5. The molecule has 0 aliphatic heterocycles. The molecule has 0 aliphatic carbocycles. The van der Waals surface area contributed by atoms with E-state index in [0.29, 0.717) is 12.4 Å². The van der Waals surface area contributed by atoms with Gasteiger partial charge in [0.15, 0.2) is 0 Å². The first-order valence-corrected chi connectivity index (χ1v) is 9.31. The van der Waals surface area contributed by atoms with E-state index in [9.17, 15) is 9.59 Å². The lowest BCUT2D eigenvalue weighted by Gasteiger charge is -2.24. The summed E-state index contributed by atoms with van der Waals surface area (Å²) in [5.74, 6) is 0.433. The van der Waals surface area contributed by atoms with Gasteiger partial charge in [0.05, 0.1) is 6.04 Å². The maximum atomic E-state index is 12.7. The van der Waals surface area contributed by atoms with Gasteiger partial charge in [0.2, 0.25) is 5.91 Å². The summed E-state index contributed by atoms with van der Waals surface area (Å²) in [6.45, 7) is 4.17. The minimum absolute atomic E-state index is 0.0842. The molecule has 3 rings (SSSR count). The summed E-state index contributed by atoms with van der Waals surface area (Å²) in [6, 6.07) is 13.6. The fourth-order valence-corrected chi connectivity index (χ4v) is 3.10. The van der Waals surface area contributed by atoms with E-state index in [4.69, 9.17) is 0 Å². The van der Waals surface area contributed by atoms with Crippen LogP contribution in [-0.2, 0) is 24.3 Å². The lowest BCUT2D eigenvalue weighted by atomic mass is 10.1. The Kier molecular flexibility index (Phi) is 6.03. The zero-order valence-electron chi connectivity index (χ0n) is 16.4. The van der Waals surface area contributed by atoms with E-state index in [2.05, 4.69) is 10.1 Å². The van der Waals surface area contributed by atoms with Gasteiger partial charge in [-0.05, 0) is 37.5 Å². The average molecular weight is 379 g/mol. The van der Waals surface area contributed by atoms with Gasteiger partial charge < -0.3 is 4.90 Å². The number of pyridine rings is 1. The average Bonchev–Trinajstić information content (AvgIpc) is 2.99. The molecule has 0 N–H and O–H groups in total. The molecule has 0 saturated heterocycles. The number of rotatable bonds is 7. The molecule has 3 aromatic rings. The summed E-state index contributed by atoms with van der Waals surface area (Å²) in [7, 11) is 1.73. The van der Waals surface area contributed by atoms with Crippen LogP contribution in [0.3, 0.4) is 0 Å². The van der Waals surface area contributed by atoms with E-state index >= 15 is 0 Å². The standard InChI is InChI=1S/C21H25N5O2/c1-16(19-10-7-12-22-14-19)24(3)20(27)15-26-21(28)25(17(2)23-26)13-11-18-8-5-4-6-9-18/h4-10,12,14,16H,11,13,15H2,1-3H3/t16-/m1/s1. The number of likely N-dealkylation sites (N-methyl/N-ethyl adjacent to an activating group) is 1. The summed E-state index contributed by atoms with van der Waals surface area (Å²) in [4.78, 5) is 31.1. The second-order valence-corrected chi connectivity index (χ2v) is 6.84. The Morgan fingerprint density at radius 2 is 1.93 bits per heavy atom. The van der Waals surface area contributed by atoms with Crippen molar-refractivity contribution >= 4 is 5.91 Å². The van der Waals surface area contributed by atoms with E-state index in [1.807, 2.05) is 49.4 Å². The molecule has 0 radical (unpaired) electrons. The molecule has 7 nitrogen and oxygen atoms in total. The highest BCUT2D eigenvalue weighted by molar-refractivity contribution is 5.76. The predicted molar refractivity (Wildman–Crippen MR) is 107 cm³/mol. The third-order valence-electron chi connectivity index (χ3n) is 5.00. The maximum Gasteiger partial charge on any atom is 0.346 e. The SMILES string of the molecule is Cc1nn(CC(=O)N(C)[C@H](C)c2cccnc2)c(=O)n1CCc1ccccc1. The number of benzene rings is 1. The Bertz CT molecular complexity index is 979. The van der Waals surface area contributed by atoms with Crippen molar-refractivity contribution in [3.8, 4) is 0 Å². The van der Waals surface area contributed by atoms with Gasteiger partial charge >= 0.3 is 5.69 Å². The van der Waals surface area contributed by atoms with Crippen LogP contribution >= 0.6 is 0 Å². The van der Waals surface area contributed by atoms with E-state index in [-0.39, 0.29) is 24.2 Å². The molecule has 2 heterocycles. The second kappa shape index (κ2) is 8.65. The molecule has 2 aromatic heterocycles. The number of carbonyl (C=O) groups excluding carboxylic acids is 1. The fourth-order valence-electron chi connectivity index (χ4n) is 3.10. The summed E-state index contributed by atoms with van der Waals surface area (Å²) in [5.41, 5.74) is 1.84. The van der Waals surface area contributed by atoms with Crippen molar-refractivity contribution < 1.29 is 4.79 Å². The Morgan fingerprint density at radius 1 is 1.18 bits per heavy atom. The number of hydrogen-bond donors (Lipinski definition) is 0. The molecular formula is C21H25N5O2. The lowest BCUT2D eigenvalue weighted by Crippen LogP contribution is -2.36. The highest BCUT2D eigenvalue weighted by atomic mass is 16.2. The van der Waals surface area contributed by atoms with Crippen LogP contribution in [0.1, 0.15) is 29.9 Å². The highest BCUT2D eigenvalue weighted by Gasteiger charge is 2.20. The minimum atomic E-state index is -0.260. The van der Waals surface area contributed by atoms with E-state index < -0.39 is 0 Å². The van der Waals surface area contributed by atoms with Crippen molar-refractivity contribution in [1.82, 2.24) is 24.2 Å². The second-order valence-electron chi connectivity index (χ2n) is 6.84. The quantitative estimate of drug-likeness (QED) is 0.631. The zero-order chi connectivity index (χ0) is 20.1. The van der Waals surface area contributed by atoms with E-state index in [1.54, 1.807) is 35.8 Å². The molecule has 1 atom stereocenters. The number of nitrogens with zero attached hydrogens (tertiary/aromatic N) is 5. The smallest absolute Gasteiger partial charge is 0.337 e. The van der Waals surface area contributed by atoms with Gasteiger partial charge in [-0.2, -0.15) is 5.10 Å². The molecule has 0 fully saturated rings. The van der Waals surface area contributed by atoms with E-state index in [0.717, 1.165) is 17.5 Å². The van der Waals surface area contributed by atoms with Crippen LogP contribution in [0.15, 0.2) is 59.7 Å². The Labute approximate surface area is 164 Å². The third-order valence-corrected chi connectivity index (χ3v) is 5.00. The summed E-state index contributed by atoms with van der Waals surface area (Å²) < 4.78 is 2.86. The van der Waals surface area contributed by atoms with Crippen LogP contribution in [-0.4, -0.2) is 37.2 Å². The molecular weight excluding hydrogens is 354 g/mol. The Balaban J connectivity index is 1.69. The largest absolute Gasteiger partial charge is 0.346 e. The Hall–Kier alpha value is -3.22. The van der Waals surface area contributed by atoms with Gasteiger partial charge in [0.25, 0.3) is 0 Å². The normalized spacial score (nSPS) is 12.0. The lowest BCUT2D eigenvalue weighted by molar-refractivity contribution is -0.132. The van der Waals surface area contributed by atoms with Crippen LogP contribution in [0.25, 0.3) is 0 Å². The predicted octanol–water partition coefficient (Wildman–Crippen LogP) is 2.21. The van der Waals surface area contributed by atoms with Crippen LogP contribution in [0, 0.1) is 6.92 Å². The van der Waals surface area contributed by atoms with Crippen molar-refractivity contribution in [3.63, 3.8) is 0 Å². The molecule has 28 heavy (non-hydrogen) atoms. The summed E-state index contributed by atoms with van der Waals surface area (Å²) in [5, 5.41) is 4.28. The number of aromatic nitrogens is 4. The molecule has 0 saturated carbocycles. The molecule has 0 aliphatic rings. The van der Waals surface area contributed by atoms with Crippen LogP contribution in [0.2, 0.25) is 0 Å². The molecule has 1 aromatic carbocycles. The monoisotopic (exact) mass is 379 g/mol. The maximum absolute atomic E-state index is 12.7. The van der Waals surface area contributed by atoms with Crippen molar-refractivity contribution in [2.24, 2.45) is 0 Å². The van der Waals surface area contributed by atoms with Gasteiger partial charge in [0, 0.05) is 26.0 Å². The van der Waals surface area contributed by atoms with Gasteiger partial charge in [-0.15, -0.1) is 0 Å². The first-order valence-electron chi connectivity index (χ1n) is 9.31. The van der Waals surface area contributed by atoms with E-state index in [1.165, 1.54) is 4.68 Å². The van der Waals surface area contributed by atoms with Crippen LogP contribution < -0.4 is 5.69 Å². The third kappa shape index (κ3) is 4.36. The number of aryl methyl sites for hydroxylation is 2. The Morgan fingerprint density at radius 3 is 2.61 bits per heavy atom. The molecule has 146 valence electrons. The molecule has 7 heteroatoms. The van der Waals surface area contributed by atoms with Crippen molar-refractivity contribution in [1.29, 1.82) is 0 Å². The zero-order valence-corrected chi connectivity index (χ0v) is 16.4. The van der Waals surface area contributed by atoms with Gasteiger partial charge in [-0.25, -0.2) is 9.48 Å². The first kappa shape index (κ1) is 19.5. The summed E-state index contributed by atoms with van der Waals surface area (Å²) in [6.07, 6.45) is 4.17. The number of amides is 1. The van der Waals surface area contributed by atoms with Crippen molar-refractivity contribution in [2.75, 3.05) is 7.05 Å². The number of hydrogen-bond acceptors (Lipinski definition) is 4. The van der Waals surface area contributed by atoms with Gasteiger partial charge in [0.1, 0.15) is 12.4 Å². The van der Waals surface area contributed by atoms with Crippen LogP contribution in [0.5, 0.6) is 0 Å². The molecule has 0 unspecified atom stereocenters. The molecule has 0 spiro atoms. The summed E-state index contributed by atoms with van der Waals surface area (Å²) >= 11 is 0. The van der Waals surface area contributed by atoms with Gasteiger partial charge in [-0.1, -0.05) is 36.4 Å². The highest BCUT2D eigenvalue weighted by Crippen LogP contribution is 2.17. The molecule has 1 amide bonds. The number of carbonyl (C=O) groups is 1. The minimum Gasteiger partial charge on any atom is -0.337 e. The van der Waals surface area contributed by atoms with Crippen LogP contribution in [0.4, 0.5) is 0 Å². The topological polar surface area (TPSA) is 73.0 Å².